The third kappa shape index (κ3) is 1.79. The van der Waals surface area contributed by atoms with Gasteiger partial charge >= 0.3 is 0 Å². The number of para-hydroxylation sites is 1. The van der Waals surface area contributed by atoms with Gasteiger partial charge in [0.2, 0.25) is 0 Å². The van der Waals surface area contributed by atoms with Crippen molar-refractivity contribution in [1.82, 2.24) is 0 Å². The first-order valence-corrected chi connectivity index (χ1v) is 5.06. The van der Waals surface area contributed by atoms with E-state index >= 15 is 0 Å². The lowest BCUT2D eigenvalue weighted by molar-refractivity contribution is 0.403. The molecular weight excluding hydrogens is 174 g/mol. The largest absolute Gasteiger partial charge is 0.496 e. The number of aliphatic imine (C=N–C) groups is 1. The van der Waals surface area contributed by atoms with Crippen LogP contribution in [0.3, 0.4) is 0 Å². The van der Waals surface area contributed by atoms with Gasteiger partial charge in [-0.3, -0.25) is 4.99 Å². The van der Waals surface area contributed by atoms with Crippen LogP contribution in [0.1, 0.15) is 30.9 Å². The van der Waals surface area contributed by atoms with Crippen LogP contribution in [0.5, 0.6) is 5.75 Å². The molecule has 2 nitrogen and oxygen atoms in total. The van der Waals surface area contributed by atoms with Crippen LogP contribution in [-0.2, 0) is 0 Å². The lowest BCUT2D eigenvalue weighted by Crippen LogP contribution is -2.03. The fourth-order valence-electron chi connectivity index (χ4n) is 1.86. The normalized spacial score (nSPS) is 20.8. The van der Waals surface area contributed by atoms with Crippen LogP contribution in [-0.4, -0.2) is 13.3 Å². The molecule has 1 aliphatic heterocycles. The minimum absolute atomic E-state index is 0.305. The van der Waals surface area contributed by atoms with Crippen LogP contribution in [0, 0.1) is 0 Å². The molecule has 74 valence electrons. The number of hydrogen-bond donors (Lipinski definition) is 0. The monoisotopic (exact) mass is 189 g/mol. The van der Waals surface area contributed by atoms with Gasteiger partial charge in [-0.05, 0) is 31.5 Å². The fourth-order valence-corrected chi connectivity index (χ4v) is 1.86. The van der Waals surface area contributed by atoms with Crippen molar-refractivity contribution in [3.63, 3.8) is 0 Å². The van der Waals surface area contributed by atoms with Crippen LogP contribution in [0.2, 0.25) is 0 Å². The minimum Gasteiger partial charge on any atom is -0.496 e. The summed E-state index contributed by atoms with van der Waals surface area (Å²) in [6.45, 7) is 0. The number of benzene rings is 1. The topological polar surface area (TPSA) is 21.6 Å². The van der Waals surface area contributed by atoms with E-state index in [9.17, 15) is 0 Å². The molecule has 0 bridgehead atoms. The molecule has 1 aliphatic rings. The zero-order valence-corrected chi connectivity index (χ0v) is 8.44. The Morgan fingerprint density at radius 1 is 1.36 bits per heavy atom. The SMILES string of the molecule is COc1ccccc1C1CCCC=N1. The van der Waals surface area contributed by atoms with Gasteiger partial charge < -0.3 is 4.74 Å². The second kappa shape index (κ2) is 4.27. The Balaban J connectivity index is 2.29. The highest BCUT2D eigenvalue weighted by Gasteiger charge is 2.15. The van der Waals surface area contributed by atoms with E-state index in [1.165, 1.54) is 12.0 Å². The molecular formula is C12H15NO. The van der Waals surface area contributed by atoms with Gasteiger partial charge in [0.15, 0.2) is 0 Å². The predicted molar refractivity (Wildman–Crippen MR) is 58.1 cm³/mol. The number of rotatable bonds is 2. The molecule has 0 radical (unpaired) electrons. The maximum Gasteiger partial charge on any atom is 0.124 e. The standard InChI is InChI=1S/C12H15NO/c1-14-12-8-3-2-6-10(12)11-7-4-5-9-13-11/h2-3,6,8-9,11H,4-5,7H2,1H3. The third-order valence-electron chi connectivity index (χ3n) is 2.59. The molecule has 1 heterocycles. The summed E-state index contributed by atoms with van der Waals surface area (Å²) in [4.78, 5) is 4.50. The quantitative estimate of drug-likeness (QED) is 0.700. The van der Waals surface area contributed by atoms with Crippen molar-refractivity contribution < 1.29 is 4.74 Å². The van der Waals surface area contributed by atoms with Crippen LogP contribution in [0.15, 0.2) is 29.3 Å². The molecule has 1 aromatic carbocycles. The Hall–Kier alpha value is -1.31. The Bertz CT molecular complexity index is 333. The van der Waals surface area contributed by atoms with E-state index in [0.29, 0.717) is 6.04 Å². The Morgan fingerprint density at radius 3 is 2.93 bits per heavy atom. The van der Waals surface area contributed by atoms with Gasteiger partial charge in [-0.2, -0.15) is 0 Å². The lowest BCUT2D eigenvalue weighted by atomic mass is 9.99. The molecule has 2 heteroatoms. The molecule has 0 saturated carbocycles. The first-order valence-electron chi connectivity index (χ1n) is 5.06. The average Bonchev–Trinajstić information content (AvgIpc) is 2.30. The first-order chi connectivity index (χ1) is 6.92. The third-order valence-corrected chi connectivity index (χ3v) is 2.59. The maximum atomic E-state index is 5.32. The molecule has 2 rings (SSSR count). The highest BCUT2D eigenvalue weighted by molar-refractivity contribution is 5.59. The van der Waals surface area contributed by atoms with Crippen LogP contribution in [0.25, 0.3) is 0 Å². The summed E-state index contributed by atoms with van der Waals surface area (Å²) in [6, 6.07) is 8.45. The van der Waals surface area contributed by atoms with Crippen molar-refractivity contribution in [2.24, 2.45) is 4.99 Å². The summed E-state index contributed by atoms with van der Waals surface area (Å²) >= 11 is 0. The molecule has 1 aromatic rings. The van der Waals surface area contributed by atoms with Gasteiger partial charge in [0, 0.05) is 5.56 Å². The summed E-state index contributed by atoms with van der Waals surface area (Å²) in [5.41, 5.74) is 1.21. The number of ether oxygens (including phenoxy) is 1. The van der Waals surface area contributed by atoms with Crippen LogP contribution in [0.4, 0.5) is 0 Å². The maximum absolute atomic E-state index is 5.32. The molecule has 14 heavy (non-hydrogen) atoms. The summed E-state index contributed by atoms with van der Waals surface area (Å²) in [7, 11) is 1.71. The summed E-state index contributed by atoms with van der Waals surface area (Å²) < 4.78 is 5.32. The van der Waals surface area contributed by atoms with Crippen molar-refractivity contribution in [3.05, 3.63) is 29.8 Å². The number of methoxy groups -OCH3 is 1. The predicted octanol–water partition coefficient (Wildman–Crippen LogP) is 2.99. The summed E-state index contributed by atoms with van der Waals surface area (Å²) in [5, 5.41) is 0. The Labute approximate surface area is 84.6 Å². The molecule has 1 unspecified atom stereocenters. The molecule has 0 spiro atoms. The number of hydrogen-bond acceptors (Lipinski definition) is 2. The minimum atomic E-state index is 0.305. The van der Waals surface area contributed by atoms with E-state index in [0.717, 1.165) is 18.6 Å². The van der Waals surface area contributed by atoms with E-state index in [4.69, 9.17) is 4.74 Å². The zero-order valence-electron chi connectivity index (χ0n) is 8.44. The molecule has 0 fully saturated rings. The van der Waals surface area contributed by atoms with Gasteiger partial charge in [0.05, 0.1) is 13.2 Å². The van der Waals surface area contributed by atoms with Crippen LogP contribution < -0.4 is 4.74 Å². The van der Waals surface area contributed by atoms with Crippen molar-refractivity contribution in [1.29, 1.82) is 0 Å². The summed E-state index contributed by atoms with van der Waals surface area (Å²) in [6.07, 6.45) is 5.51. The zero-order chi connectivity index (χ0) is 9.80. The number of nitrogens with zero attached hydrogens (tertiary/aromatic N) is 1. The van der Waals surface area contributed by atoms with Crippen molar-refractivity contribution >= 4 is 6.21 Å². The molecule has 1 atom stereocenters. The second-order valence-electron chi connectivity index (χ2n) is 3.52. The average molecular weight is 189 g/mol. The van der Waals surface area contributed by atoms with E-state index in [1.54, 1.807) is 7.11 Å². The highest BCUT2D eigenvalue weighted by atomic mass is 16.5. The first kappa shape index (κ1) is 9.25. The van der Waals surface area contributed by atoms with E-state index < -0.39 is 0 Å². The van der Waals surface area contributed by atoms with Gasteiger partial charge in [-0.1, -0.05) is 18.2 Å². The molecule has 0 aromatic heterocycles. The molecule has 0 amide bonds. The van der Waals surface area contributed by atoms with E-state index in [-0.39, 0.29) is 0 Å². The van der Waals surface area contributed by atoms with E-state index in [2.05, 4.69) is 11.1 Å². The van der Waals surface area contributed by atoms with Gasteiger partial charge in [0.25, 0.3) is 0 Å². The van der Waals surface area contributed by atoms with Gasteiger partial charge in [0.1, 0.15) is 5.75 Å². The van der Waals surface area contributed by atoms with Gasteiger partial charge in [-0.15, -0.1) is 0 Å². The van der Waals surface area contributed by atoms with Crippen molar-refractivity contribution in [2.75, 3.05) is 7.11 Å². The molecule has 0 aliphatic carbocycles. The lowest BCUT2D eigenvalue weighted by Gasteiger charge is -2.18. The highest BCUT2D eigenvalue weighted by Crippen LogP contribution is 2.32. The van der Waals surface area contributed by atoms with Crippen molar-refractivity contribution in [3.8, 4) is 5.75 Å². The fraction of sp³-hybridized carbons (Fsp3) is 0.417. The van der Waals surface area contributed by atoms with Crippen molar-refractivity contribution in [2.45, 2.75) is 25.3 Å². The Morgan fingerprint density at radius 2 is 2.21 bits per heavy atom. The smallest absolute Gasteiger partial charge is 0.124 e. The van der Waals surface area contributed by atoms with Gasteiger partial charge in [-0.25, -0.2) is 0 Å². The summed E-state index contributed by atoms with van der Waals surface area (Å²) in [5.74, 6) is 0.955. The Kier molecular flexibility index (Phi) is 2.82. The second-order valence-corrected chi connectivity index (χ2v) is 3.52. The molecule has 0 saturated heterocycles. The van der Waals surface area contributed by atoms with E-state index in [1.807, 2.05) is 24.4 Å². The molecule has 0 N–H and O–H groups in total. The van der Waals surface area contributed by atoms with Crippen LogP contribution >= 0.6 is 0 Å².